The lowest BCUT2D eigenvalue weighted by Crippen LogP contribution is -2.28. The molecule has 10 heteroatoms. The minimum absolute atomic E-state index is 0.00255. The second-order valence-corrected chi connectivity index (χ2v) is 9.62. The summed E-state index contributed by atoms with van der Waals surface area (Å²) in [7, 11) is -3.87. The van der Waals surface area contributed by atoms with Crippen molar-refractivity contribution in [1.82, 2.24) is 19.5 Å². The van der Waals surface area contributed by atoms with Gasteiger partial charge in [-0.25, -0.2) is 17.9 Å². The number of hydrogen-bond acceptors (Lipinski definition) is 5. The van der Waals surface area contributed by atoms with E-state index < -0.39 is 10.0 Å². The van der Waals surface area contributed by atoms with Crippen LogP contribution in [0.5, 0.6) is 0 Å². The minimum Gasteiger partial charge on any atom is -0.352 e. The first-order valence-corrected chi connectivity index (χ1v) is 12.3. The lowest BCUT2D eigenvalue weighted by Gasteiger charge is -2.13. The van der Waals surface area contributed by atoms with Crippen molar-refractivity contribution in [3.8, 4) is 0 Å². The van der Waals surface area contributed by atoms with E-state index in [1.54, 1.807) is 49.5 Å². The quantitative estimate of drug-likeness (QED) is 0.377. The molecule has 4 aromatic rings. The maximum atomic E-state index is 12.9. The van der Waals surface area contributed by atoms with Crippen LogP contribution in [0, 0.1) is 13.8 Å². The number of hydrogen-bond donors (Lipinski definition) is 2. The smallest absolute Gasteiger partial charge is 0.350 e. The van der Waals surface area contributed by atoms with Crippen molar-refractivity contribution in [1.29, 1.82) is 0 Å². The van der Waals surface area contributed by atoms with Crippen LogP contribution in [0.3, 0.4) is 0 Å². The van der Waals surface area contributed by atoms with Gasteiger partial charge >= 0.3 is 5.69 Å². The molecule has 0 saturated carbocycles. The number of carbonyl (C=O) groups excluding carboxylic acids is 1. The molecule has 1 amide bonds. The fraction of sp³-hybridized carbons (Fsp3) is 0.208. The molecule has 0 aliphatic rings. The summed E-state index contributed by atoms with van der Waals surface area (Å²) in [5.41, 5.74) is 2.53. The number of nitrogens with zero attached hydrogens (tertiary/aromatic N) is 3. The molecule has 0 atom stereocenters. The van der Waals surface area contributed by atoms with Crippen LogP contribution in [0.1, 0.15) is 27.9 Å². The summed E-state index contributed by atoms with van der Waals surface area (Å²) in [6.45, 7) is 4.20. The summed E-state index contributed by atoms with van der Waals surface area (Å²) in [4.78, 5) is 25.1. The van der Waals surface area contributed by atoms with Gasteiger partial charge in [-0.2, -0.15) is 0 Å². The highest BCUT2D eigenvalue weighted by molar-refractivity contribution is 7.92. The van der Waals surface area contributed by atoms with Gasteiger partial charge in [-0.05, 0) is 61.7 Å². The number of sulfonamides is 1. The molecule has 0 fully saturated rings. The zero-order valence-electron chi connectivity index (χ0n) is 18.9. The second-order valence-electron chi connectivity index (χ2n) is 7.94. The maximum absolute atomic E-state index is 12.9. The Hall–Kier alpha value is -3.92. The molecule has 0 spiro atoms. The molecule has 2 heterocycles. The Morgan fingerprint density at radius 1 is 1.00 bits per heavy atom. The molecule has 0 saturated heterocycles. The third-order valence-corrected chi connectivity index (χ3v) is 6.84. The van der Waals surface area contributed by atoms with E-state index in [2.05, 4.69) is 15.1 Å². The van der Waals surface area contributed by atoms with E-state index in [9.17, 15) is 18.0 Å². The van der Waals surface area contributed by atoms with Crippen LogP contribution in [0.25, 0.3) is 5.65 Å². The highest BCUT2D eigenvalue weighted by Gasteiger charge is 2.19. The van der Waals surface area contributed by atoms with Gasteiger partial charge in [-0.1, -0.05) is 30.3 Å². The lowest BCUT2D eigenvalue weighted by atomic mass is 10.1. The van der Waals surface area contributed by atoms with E-state index in [1.165, 1.54) is 21.2 Å². The second kappa shape index (κ2) is 9.52. The molecule has 4 rings (SSSR count). The average Bonchev–Trinajstić information content (AvgIpc) is 3.14. The van der Waals surface area contributed by atoms with Crippen molar-refractivity contribution in [2.75, 3.05) is 11.3 Å². The number of para-hydroxylation sites is 1. The minimum atomic E-state index is -3.87. The number of carbonyl (C=O) groups is 1. The summed E-state index contributed by atoms with van der Waals surface area (Å²) >= 11 is 0. The third kappa shape index (κ3) is 4.86. The number of anilines is 1. The van der Waals surface area contributed by atoms with Crippen molar-refractivity contribution in [2.24, 2.45) is 0 Å². The lowest BCUT2D eigenvalue weighted by molar-refractivity contribution is 0.0951. The Labute approximate surface area is 197 Å². The number of rotatable bonds is 8. The molecule has 0 radical (unpaired) electrons. The molecule has 0 bridgehead atoms. The van der Waals surface area contributed by atoms with E-state index >= 15 is 0 Å². The van der Waals surface area contributed by atoms with Gasteiger partial charge in [0.1, 0.15) is 0 Å². The number of pyridine rings is 1. The number of benzene rings is 2. The van der Waals surface area contributed by atoms with Crippen molar-refractivity contribution >= 4 is 27.3 Å². The van der Waals surface area contributed by atoms with Crippen LogP contribution in [-0.2, 0) is 16.6 Å². The Kier molecular flexibility index (Phi) is 6.51. The molecule has 2 aromatic heterocycles. The molecule has 176 valence electrons. The molecular formula is C24H25N5O4S. The first kappa shape index (κ1) is 23.2. The SMILES string of the molecule is Cc1ccccc1NS(=O)(=O)c1ccc(C)c(C(=O)NCCCn2nc3ccccn3c2=O)c1. The number of fused-ring (bicyclic) bond motifs is 1. The van der Waals surface area contributed by atoms with Gasteiger partial charge in [0.15, 0.2) is 5.65 Å². The Balaban J connectivity index is 1.42. The summed E-state index contributed by atoms with van der Waals surface area (Å²) < 4.78 is 31.1. The predicted molar refractivity (Wildman–Crippen MR) is 130 cm³/mol. The molecule has 2 aromatic carbocycles. The normalized spacial score (nSPS) is 11.5. The van der Waals surface area contributed by atoms with E-state index in [-0.39, 0.29) is 22.1 Å². The number of aryl methyl sites for hydroxylation is 3. The fourth-order valence-corrected chi connectivity index (χ4v) is 4.70. The van der Waals surface area contributed by atoms with Crippen molar-refractivity contribution < 1.29 is 13.2 Å². The maximum Gasteiger partial charge on any atom is 0.350 e. The zero-order valence-corrected chi connectivity index (χ0v) is 19.7. The van der Waals surface area contributed by atoms with Crippen molar-refractivity contribution in [3.63, 3.8) is 0 Å². The number of nitrogens with one attached hydrogen (secondary N) is 2. The topological polar surface area (TPSA) is 115 Å². The number of amides is 1. The molecule has 0 unspecified atom stereocenters. The predicted octanol–water partition coefficient (Wildman–Crippen LogP) is 2.73. The van der Waals surface area contributed by atoms with Crippen molar-refractivity contribution in [2.45, 2.75) is 31.7 Å². The first-order valence-electron chi connectivity index (χ1n) is 10.8. The van der Waals surface area contributed by atoms with Gasteiger partial charge in [0.2, 0.25) is 0 Å². The zero-order chi connectivity index (χ0) is 24.3. The van der Waals surface area contributed by atoms with E-state index in [1.807, 2.05) is 19.1 Å². The Morgan fingerprint density at radius 3 is 2.53 bits per heavy atom. The van der Waals surface area contributed by atoms with Crippen LogP contribution >= 0.6 is 0 Å². The third-order valence-electron chi connectivity index (χ3n) is 5.47. The van der Waals surface area contributed by atoms with Crippen LogP contribution in [0.4, 0.5) is 5.69 Å². The van der Waals surface area contributed by atoms with Gasteiger partial charge < -0.3 is 5.32 Å². The molecule has 9 nitrogen and oxygen atoms in total. The summed E-state index contributed by atoms with van der Waals surface area (Å²) in [6, 6.07) is 16.8. The molecule has 34 heavy (non-hydrogen) atoms. The summed E-state index contributed by atoms with van der Waals surface area (Å²) in [5, 5.41) is 7.06. The Morgan fingerprint density at radius 2 is 1.76 bits per heavy atom. The molecule has 0 aliphatic heterocycles. The highest BCUT2D eigenvalue weighted by atomic mass is 32.2. The van der Waals surface area contributed by atoms with Crippen LogP contribution in [-0.4, -0.2) is 35.1 Å². The van der Waals surface area contributed by atoms with Crippen LogP contribution in [0.2, 0.25) is 0 Å². The van der Waals surface area contributed by atoms with Gasteiger partial charge in [0.05, 0.1) is 10.6 Å². The highest BCUT2D eigenvalue weighted by Crippen LogP contribution is 2.21. The molecular weight excluding hydrogens is 454 g/mol. The summed E-state index contributed by atoms with van der Waals surface area (Å²) in [5.74, 6) is -0.382. The molecule has 2 N–H and O–H groups in total. The first-order chi connectivity index (χ1) is 16.3. The van der Waals surface area contributed by atoms with Crippen LogP contribution in [0.15, 0.2) is 76.6 Å². The number of aromatic nitrogens is 3. The van der Waals surface area contributed by atoms with Crippen molar-refractivity contribution in [3.05, 3.63) is 94.0 Å². The van der Waals surface area contributed by atoms with E-state index in [0.717, 1.165) is 5.56 Å². The largest absolute Gasteiger partial charge is 0.352 e. The monoisotopic (exact) mass is 479 g/mol. The van der Waals surface area contributed by atoms with Gasteiger partial charge in [-0.3, -0.25) is 13.9 Å². The fourth-order valence-electron chi connectivity index (χ4n) is 3.54. The standard InChI is InChI=1S/C24H25N5O4S/c1-17-11-12-19(34(32,33)27-21-9-4-3-8-18(21)2)16-20(17)23(30)25-13-7-15-29-24(31)28-14-6-5-10-22(28)26-29/h3-6,8-12,14,16,27H,7,13,15H2,1-2H3,(H,25,30). The van der Waals surface area contributed by atoms with Gasteiger partial charge in [-0.15, -0.1) is 5.10 Å². The van der Waals surface area contributed by atoms with Gasteiger partial charge in [0, 0.05) is 24.8 Å². The van der Waals surface area contributed by atoms with E-state index in [0.29, 0.717) is 36.4 Å². The van der Waals surface area contributed by atoms with E-state index in [4.69, 9.17) is 0 Å². The summed E-state index contributed by atoms with van der Waals surface area (Å²) in [6.07, 6.45) is 2.14. The van der Waals surface area contributed by atoms with Gasteiger partial charge in [0.25, 0.3) is 15.9 Å². The Bertz CT molecular complexity index is 1520. The van der Waals surface area contributed by atoms with Crippen LogP contribution < -0.4 is 15.7 Å². The molecule has 0 aliphatic carbocycles. The average molecular weight is 480 g/mol.